The average molecular weight is 367 g/mol. The Labute approximate surface area is 158 Å². The van der Waals surface area contributed by atoms with Crippen LogP contribution in [0.25, 0.3) is 10.9 Å². The second-order valence-electron chi connectivity index (χ2n) is 6.93. The van der Waals surface area contributed by atoms with Crippen molar-refractivity contribution >= 4 is 22.5 Å². The lowest BCUT2D eigenvalue weighted by Crippen LogP contribution is -2.38. The van der Waals surface area contributed by atoms with E-state index in [1.54, 1.807) is 6.33 Å². The topological polar surface area (TPSA) is 91.1 Å². The maximum Gasteiger partial charge on any atom is 0.134 e. The zero-order chi connectivity index (χ0) is 18.8. The number of aromatic nitrogens is 4. The van der Waals surface area contributed by atoms with Crippen LogP contribution in [-0.4, -0.2) is 57.1 Å². The summed E-state index contributed by atoms with van der Waals surface area (Å²) in [6.07, 6.45) is 1.92. The van der Waals surface area contributed by atoms with Gasteiger partial charge in [-0.3, -0.25) is 4.68 Å². The normalized spacial score (nSPS) is 19.7. The number of benzene rings is 1. The molecule has 0 aliphatic carbocycles. The van der Waals surface area contributed by atoms with Gasteiger partial charge in [0.15, 0.2) is 0 Å². The zero-order valence-electron chi connectivity index (χ0n) is 15.6. The molecule has 3 heterocycles. The summed E-state index contributed by atoms with van der Waals surface area (Å²) in [4.78, 5) is 10.7. The van der Waals surface area contributed by atoms with E-state index in [0.29, 0.717) is 13.1 Å². The van der Waals surface area contributed by atoms with Gasteiger partial charge in [0.05, 0.1) is 17.3 Å². The van der Waals surface area contributed by atoms with Crippen molar-refractivity contribution in [3.63, 3.8) is 0 Å². The van der Waals surface area contributed by atoms with E-state index >= 15 is 0 Å². The highest BCUT2D eigenvalue weighted by Gasteiger charge is 2.31. The van der Waals surface area contributed by atoms with Gasteiger partial charge >= 0.3 is 0 Å². The molecular weight excluding hydrogens is 342 g/mol. The number of aliphatic hydroxyl groups excluding tert-OH is 1. The molecule has 0 radical (unpaired) electrons. The van der Waals surface area contributed by atoms with Crippen LogP contribution in [0.4, 0.5) is 11.6 Å². The SMILES string of the molecule is CNc1cc(N2C[C@H](O)C[C@@H]2CNCc2nn(C)c3ccccc23)ncn1. The summed E-state index contributed by atoms with van der Waals surface area (Å²) in [6.45, 7) is 2.02. The smallest absolute Gasteiger partial charge is 0.134 e. The van der Waals surface area contributed by atoms with Gasteiger partial charge in [-0.2, -0.15) is 5.10 Å². The minimum Gasteiger partial charge on any atom is -0.391 e. The van der Waals surface area contributed by atoms with Crippen molar-refractivity contribution in [2.45, 2.75) is 25.1 Å². The van der Waals surface area contributed by atoms with E-state index in [0.717, 1.165) is 35.8 Å². The largest absolute Gasteiger partial charge is 0.391 e. The van der Waals surface area contributed by atoms with Crippen LogP contribution in [0.15, 0.2) is 36.7 Å². The first-order chi connectivity index (χ1) is 13.2. The fourth-order valence-electron chi connectivity index (χ4n) is 3.78. The summed E-state index contributed by atoms with van der Waals surface area (Å²) < 4.78 is 1.91. The minimum atomic E-state index is -0.347. The van der Waals surface area contributed by atoms with Crippen LogP contribution in [0.2, 0.25) is 0 Å². The van der Waals surface area contributed by atoms with Gasteiger partial charge in [-0.1, -0.05) is 18.2 Å². The number of aliphatic hydroxyl groups is 1. The standard InChI is InChI=1S/C19H25N7O/c1-20-18-8-19(23-12-22-18)26-11-14(27)7-13(26)9-21-10-16-15-5-3-4-6-17(15)25(2)24-16/h3-6,8,12-14,21,27H,7,9-11H2,1-2H3,(H,20,22,23)/t13-,14-/m1/s1. The first kappa shape index (κ1) is 17.7. The van der Waals surface area contributed by atoms with Gasteiger partial charge in [0, 0.05) is 51.2 Å². The zero-order valence-corrected chi connectivity index (χ0v) is 15.6. The number of anilines is 2. The van der Waals surface area contributed by atoms with Crippen LogP contribution in [-0.2, 0) is 13.6 Å². The Balaban J connectivity index is 1.44. The van der Waals surface area contributed by atoms with Gasteiger partial charge in [0.1, 0.15) is 18.0 Å². The third-order valence-corrected chi connectivity index (χ3v) is 5.10. The first-order valence-electron chi connectivity index (χ1n) is 9.21. The molecule has 1 aliphatic heterocycles. The van der Waals surface area contributed by atoms with Crippen molar-refractivity contribution in [3.8, 4) is 0 Å². The van der Waals surface area contributed by atoms with Gasteiger partial charge in [0.25, 0.3) is 0 Å². The molecule has 2 atom stereocenters. The van der Waals surface area contributed by atoms with Crippen molar-refractivity contribution in [2.24, 2.45) is 7.05 Å². The molecule has 27 heavy (non-hydrogen) atoms. The van der Waals surface area contributed by atoms with Gasteiger partial charge < -0.3 is 20.6 Å². The number of nitrogens with zero attached hydrogens (tertiary/aromatic N) is 5. The third kappa shape index (κ3) is 3.58. The molecular formula is C19H25N7O. The molecule has 0 unspecified atom stereocenters. The van der Waals surface area contributed by atoms with Gasteiger partial charge in [-0.05, 0) is 12.5 Å². The monoisotopic (exact) mass is 367 g/mol. The molecule has 8 nitrogen and oxygen atoms in total. The number of hydrogen-bond acceptors (Lipinski definition) is 7. The van der Waals surface area contributed by atoms with Gasteiger partial charge in [0.2, 0.25) is 0 Å². The minimum absolute atomic E-state index is 0.176. The Morgan fingerprint density at radius 1 is 1.26 bits per heavy atom. The Kier molecular flexibility index (Phi) is 4.91. The number of rotatable bonds is 6. The third-order valence-electron chi connectivity index (χ3n) is 5.10. The number of fused-ring (bicyclic) bond motifs is 1. The van der Waals surface area contributed by atoms with E-state index in [1.807, 2.05) is 37.0 Å². The lowest BCUT2D eigenvalue weighted by atomic mass is 10.2. The lowest BCUT2D eigenvalue weighted by molar-refractivity contribution is 0.194. The Hall–Kier alpha value is -2.71. The Morgan fingerprint density at radius 3 is 2.96 bits per heavy atom. The summed E-state index contributed by atoms with van der Waals surface area (Å²) in [5, 5.41) is 22.5. The van der Waals surface area contributed by atoms with Gasteiger partial charge in [-0.15, -0.1) is 0 Å². The number of nitrogens with one attached hydrogen (secondary N) is 2. The summed E-state index contributed by atoms with van der Waals surface area (Å²) in [7, 11) is 3.80. The summed E-state index contributed by atoms with van der Waals surface area (Å²) >= 11 is 0. The summed E-state index contributed by atoms with van der Waals surface area (Å²) in [5.41, 5.74) is 2.17. The molecule has 1 saturated heterocycles. The molecule has 4 rings (SSSR count). The first-order valence-corrected chi connectivity index (χ1v) is 9.21. The van der Waals surface area contributed by atoms with Gasteiger partial charge in [-0.25, -0.2) is 9.97 Å². The molecule has 0 amide bonds. The number of aryl methyl sites for hydroxylation is 1. The van der Waals surface area contributed by atoms with E-state index in [2.05, 4.69) is 42.7 Å². The molecule has 0 saturated carbocycles. The Morgan fingerprint density at radius 2 is 2.11 bits per heavy atom. The fourth-order valence-corrected chi connectivity index (χ4v) is 3.78. The Bertz CT molecular complexity index is 925. The number of β-amino-alcohol motifs (C(OH)–C–C–N with tert-alkyl or cyclic N) is 1. The highest BCUT2D eigenvalue weighted by Crippen LogP contribution is 2.25. The molecule has 1 aliphatic rings. The van der Waals surface area contributed by atoms with E-state index in [-0.39, 0.29) is 12.1 Å². The van der Waals surface area contributed by atoms with Crippen LogP contribution < -0.4 is 15.5 Å². The highest BCUT2D eigenvalue weighted by atomic mass is 16.3. The molecule has 1 aromatic carbocycles. The second-order valence-corrected chi connectivity index (χ2v) is 6.93. The van der Waals surface area contributed by atoms with E-state index in [9.17, 15) is 5.11 Å². The average Bonchev–Trinajstić information content (AvgIpc) is 3.22. The summed E-state index contributed by atoms with van der Waals surface area (Å²) in [6, 6.07) is 10.3. The van der Waals surface area contributed by atoms with Crippen LogP contribution in [0.5, 0.6) is 0 Å². The lowest BCUT2D eigenvalue weighted by Gasteiger charge is -2.25. The fraction of sp³-hybridized carbons (Fsp3) is 0.421. The molecule has 2 aromatic heterocycles. The van der Waals surface area contributed by atoms with Crippen LogP contribution >= 0.6 is 0 Å². The van der Waals surface area contributed by atoms with E-state index in [1.165, 1.54) is 5.39 Å². The maximum absolute atomic E-state index is 10.2. The summed E-state index contributed by atoms with van der Waals surface area (Å²) in [5.74, 6) is 1.61. The molecule has 3 N–H and O–H groups in total. The molecule has 1 fully saturated rings. The van der Waals surface area contributed by atoms with Crippen LogP contribution in [0.1, 0.15) is 12.1 Å². The van der Waals surface area contributed by atoms with Crippen molar-refractivity contribution in [1.82, 2.24) is 25.1 Å². The molecule has 0 bridgehead atoms. The van der Waals surface area contributed by atoms with Crippen molar-refractivity contribution < 1.29 is 5.11 Å². The second kappa shape index (κ2) is 7.50. The van der Waals surface area contributed by atoms with Crippen molar-refractivity contribution in [2.75, 3.05) is 30.4 Å². The molecule has 142 valence electrons. The highest BCUT2D eigenvalue weighted by molar-refractivity contribution is 5.81. The predicted molar refractivity (Wildman–Crippen MR) is 106 cm³/mol. The van der Waals surface area contributed by atoms with Crippen molar-refractivity contribution in [1.29, 1.82) is 0 Å². The van der Waals surface area contributed by atoms with E-state index < -0.39 is 0 Å². The number of para-hydroxylation sites is 1. The molecule has 3 aromatic rings. The van der Waals surface area contributed by atoms with Crippen LogP contribution in [0.3, 0.4) is 0 Å². The van der Waals surface area contributed by atoms with Crippen LogP contribution in [0, 0.1) is 0 Å². The predicted octanol–water partition coefficient (Wildman–Crippen LogP) is 1.13. The quantitative estimate of drug-likeness (QED) is 0.602. The number of hydrogen-bond donors (Lipinski definition) is 3. The molecule has 8 heteroatoms. The maximum atomic E-state index is 10.2. The van der Waals surface area contributed by atoms with Crippen molar-refractivity contribution in [3.05, 3.63) is 42.4 Å². The molecule has 0 spiro atoms. The van der Waals surface area contributed by atoms with E-state index in [4.69, 9.17) is 0 Å².